The van der Waals surface area contributed by atoms with E-state index in [2.05, 4.69) is 18.7 Å². The van der Waals surface area contributed by atoms with E-state index in [9.17, 15) is 0 Å². The van der Waals surface area contributed by atoms with Crippen LogP contribution >= 0.6 is 0 Å². The second kappa shape index (κ2) is 5.83. The molecule has 2 atom stereocenters. The first kappa shape index (κ1) is 11.4. The molecule has 2 saturated heterocycles. The van der Waals surface area contributed by atoms with E-state index in [0.29, 0.717) is 12.2 Å². The largest absolute Gasteiger partial charge is 0.373 e. The molecule has 2 heteroatoms. The number of ether oxygens (including phenoxy) is 2. The first-order valence-corrected chi connectivity index (χ1v) is 5.79. The van der Waals surface area contributed by atoms with Gasteiger partial charge in [-0.05, 0) is 18.4 Å². The number of benzene rings is 1. The second-order valence-corrected chi connectivity index (χ2v) is 4.05. The highest BCUT2D eigenvalue weighted by molar-refractivity contribution is 5.19. The standard InChI is InChI=1S/C8H8O.C6H10O/c1-2-4-7(5-3-1)8-6-9-8;1-2-3-4-6-5-7-6/h1-5,8H,6H2;2,6H,1,3-5H2. The number of rotatable bonds is 4. The molecule has 0 saturated carbocycles. The predicted molar refractivity (Wildman–Crippen MR) is 64.3 cm³/mol. The molecule has 16 heavy (non-hydrogen) atoms. The Balaban J connectivity index is 0.000000125. The van der Waals surface area contributed by atoms with Gasteiger partial charge in [0.15, 0.2) is 0 Å². The van der Waals surface area contributed by atoms with Crippen molar-refractivity contribution < 1.29 is 9.47 Å². The molecule has 3 rings (SSSR count). The summed E-state index contributed by atoms with van der Waals surface area (Å²) < 4.78 is 10.1. The van der Waals surface area contributed by atoms with Crippen molar-refractivity contribution in [2.75, 3.05) is 13.2 Å². The van der Waals surface area contributed by atoms with Crippen molar-refractivity contribution in [1.29, 1.82) is 0 Å². The Kier molecular flexibility index (Phi) is 4.14. The van der Waals surface area contributed by atoms with Gasteiger partial charge in [-0.2, -0.15) is 0 Å². The fourth-order valence-corrected chi connectivity index (χ4v) is 1.45. The van der Waals surface area contributed by atoms with Crippen molar-refractivity contribution in [3.63, 3.8) is 0 Å². The van der Waals surface area contributed by atoms with E-state index in [1.54, 1.807) is 0 Å². The summed E-state index contributed by atoms with van der Waals surface area (Å²) in [4.78, 5) is 0. The SMILES string of the molecule is C=CCCC1CO1.c1ccc(C2CO2)cc1. The van der Waals surface area contributed by atoms with Crippen LogP contribution in [0.1, 0.15) is 24.5 Å². The molecule has 1 aromatic carbocycles. The molecule has 0 amide bonds. The van der Waals surface area contributed by atoms with Gasteiger partial charge in [0.2, 0.25) is 0 Å². The van der Waals surface area contributed by atoms with Crippen LogP contribution in [0.5, 0.6) is 0 Å². The molecule has 0 spiro atoms. The maximum absolute atomic E-state index is 5.09. The van der Waals surface area contributed by atoms with Crippen LogP contribution in [0.3, 0.4) is 0 Å². The lowest BCUT2D eigenvalue weighted by Crippen LogP contribution is -1.79. The monoisotopic (exact) mass is 218 g/mol. The number of epoxide rings is 2. The summed E-state index contributed by atoms with van der Waals surface area (Å²) in [5, 5.41) is 0. The Morgan fingerprint density at radius 1 is 1.19 bits per heavy atom. The Morgan fingerprint density at radius 2 is 1.88 bits per heavy atom. The molecule has 2 unspecified atom stereocenters. The van der Waals surface area contributed by atoms with Gasteiger partial charge in [0, 0.05) is 0 Å². The molecule has 0 aliphatic carbocycles. The molecule has 2 nitrogen and oxygen atoms in total. The van der Waals surface area contributed by atoms with Gasteiger partial charge in [-0.25, -0.2) is 0 Å². The maximum atomic E-state index is 5.09. The molecule has 0 aromatic heterocycles. The normalized spacial score (nSPS) is 25.2. The molecule has 2 fully saturated rings. The fraction of sp³-hybridized carbons (Fsp3) is 0.429. The molecular formula is C14H18O2. The molecule has 0 N–H and O–H groups in total. The summed E-state index contributed by atoms with van der Waals surface area (Å²) in [6.45, 7) is 5.49. The molecule has 2 heterocycles. The summed E-state index contributed by atoms with van der Waals surface area (Å²) in [6.07, 6.45) is 5.19. The zero-order chi connectivity index (χ0) is 11.2. The van der Waals surface area contributed by atoms with Gasteiger partial charge < -0.3 is 9.47 Å². The van der Waals surface area contributed by atoms with Crippen LogP contribution in [0.4, 0.5) is 0 Å². The average molecular weight is 218 g/mol. The number of hydrogen-bond acceptors (Lipinski definition) is 2. The smallest absolute Gasteiger partial charge is 0.106 e. The summed E-state index contributed by atoms with van der Waals surface area (Å²) in [5.41, 5.74) is 1.30. The van der Waals surface area contributed by atoms with Gasteiger partial charge in [-0.15, -0.1) is 6.58 Å². The van der Waals surface area contributed by atoms with Crippen molar-refractivity contribution in [2.45, 2.75) is 25.0 Å². The van der Waals surface area contributed by atoms with E-state index in [4.69, 9.17) is 9.47 Å². The van der Waals surface area contributed by atoms with Crippen LogP contribution < -0.4 is 0 Å². The minimum atomic E-state index is 0.409. The molecule has 2 aliphatic heterocycles. The van der Waals surface area contributed by atoms with Gasteiger partial charge in [-0.1, -0.05) is 36.4 Å². The summed E-state index contributed by atoms with van der Waals surface area (Å²) in [5.74, 6) is 0. The van der Waals surface area contributed by atoms with E-state index in [-0.39, 0.29) is 0 Å². The third kappa shape index (κ3) is 4.17. The van der Waals surface area contributed by atoms with Gasteiger partial charge in [0.05, 0.1) is 19.3 Å². The lowest BCUT2D eigenvalue weighted by molar-refractivity contribution is 0.398. The summed E-state index contributed by atoms with van der Waals surface area (Å²) >= 11 is 0. The van der Waals surface area contributed by atoms with Gasteiger partial charge in [-0.3, -0.25) is 0 Å². The first-order valence-electron chi connectivity index (χ1n) is 5.79. The van der Waals surface area contributed by atoms with Crippen LogP contribution in [0, 0.1) is 0 Å². The highest BCUT2D eigenvalue weighted by Gasteiger charge is 2.23. The Labute approximate surface area is 96.9 Å². The topological polar surface area (TPSA) is 25.1 Å². The third-order valence-corrected chi connectivity index (χ3v) is 2.60. The fourth-order valence-electron chi connectivity index (χ4n) is 1.45. The van der Waals surface area contributed by atoms with E-state index < -0.39 is 0 Å². The second-order valence-electron chi connectivity index (χ2n) is 4.05. The lowest BCUT2D eigenvalue weighted by atomic mass is 10.2. The highest BCUT2D eigenvalue weighted by atomic mass is 16.6. The van der Waals surface area contributed by atoms with E-state index in [1.807, 2.05) is 24.3 Å². The third-order valence-electron chi connectivity index (χ3n) is 2.60. The molecule has 0 bridgehead atoms. The number of hydrogen-bond donors (Lipinski definition) is 0. The molecule has 86 valence electrons. The lowest BCUT2D eigenvalue weighted by Gasteiger charge is -1.89. The Bertz CT molecular complexity index is 313. The van der Waals surface area contributed by atoms with E-state index >= 15 is 0 Å². The van der Waals surface area contributed by atoms with Crippen molar-refractivity contribution in [2.24, 2.45) is 0 Å². The summed E-state index contributed by atoms with van der Waals surface area (Å²) in [6, 6.07) is 10.3. The minimum absolute atomic E-state index is 0.409. The Morgan fingerprint density at radius 3 is 2.38 bits per heavy atom. The molecule has 2 aliphatic rings. The summed E-state index contributed by atoms with van der Waals surface area (Å²) in [7, 11) is 0. The Hall–Kier alpha value is -1.12. The quantitative estimate of drug-likeness (QED) is 0.573. The zero-order valence-corrected chi connectivity index (χ0v) is 9.47. The highest BCUT2D eigenvalue weighted by Crippen LogP contribution is 2.28. The van der Waals surface area contributed by atoms with Gasteiger partial charge in [0.1, 0.15) is 6.10 Å². The van der Waals surface area contributed by atoms with E-state index in [0.717, 1.165) is 19.6 Å². The first-order chi connectivity index (χ1) is 7.90. The van der Waals surface area contributed by atoms with Crippen molar-refractivity contribution >= 4 is 0 Å². The minimum Gasteiger partial charge on any atom is -0.373 e. The van der Waals surface area contributed by atoms with Gasteiger partial charge >= 0.3 is 0 Å². The predicted octanol–water partition coefficient (Wildman–Crippen LogP) is 3.11. The van der Waals surface area contributed by atoms with E-state index in [1.165, 1.54) is 12.0 Å². The van der Waals surface area contributed by atoms with Crippen LogP contribution in [0.25, 0.3) is 0 Å². The van der Waals surface area contributed by atoms with Crippen molar-refractivity contribution in [3.8, 4) is 0 Å². The zero-order valence-electron chi connectivity index (χ0n) is 9.47. The van der Waals surface area contributed by atoms with Crippen LogP contribution in [-0.4, -0.2) is 19.3 Å². The van der Waals surface area contributed by atoms with Crippen molar-refractivity contribution in [3.05, 3.63) is 48.6 Å². The number of allylic oxidation sites excluding steroid dienone is 1. The van der Waals surface area contributed by atoms with Crippen LogP contribution in [0.2, 0.25) is 0 Å². The molecule has 1 aromatic rings. The van der Waals surface area contributed by atoms with Gasteiger partial charge in [0.25, 0.3) is 0 Å². The van der Waals surface area contributed by atoms with Crippen LogP contribution in [0.15, 0.2) is 43.0 Å². The van der Waals surface area contributed by atoms with Crippen molar-refractivity contribution in [1.82, 2.24) is 0 Å². The molecule has 0 radical (unpaired) electrons. The maximum Gasteiger partial charge on any atom is 0.106 e. The average Bonchev–Trinajstić information content (AvgIpc) is 3.21. The molecular weight excluding hydrogens is 200 g/mol. The van der Waals surface area contributed by atoms with Crippen LogP contribution in [-0.2, 0) is 9.47 Å².